The average Bonchev–Trinajstić information content (AvgIpc) is 2.26. The van der Waals surface area contributed by atoms with Crippen LogP contribution in [0.4, 0.5) is 0 Å². The van der Waals surface area contributed by atoms with E-state index in [9.17, 15) is 4.79 Å². The molecule has 17 heavy (non-hydrogen) atoms. The van der Waals surface area contributed by atoms with Crippen LogP contribution in [-0.4, -0.2) is 18.6 Å². The minimum atomic E-state index is -0.379. The average molecular weight is 237 g/mol. The van der Waals surface area contributed by atoms with Crippen molar-refractivity contribution >= 4 is 5.97 Å². The van der Waals surface area contributed by atoms with Crippen LogP contribution in [0.3, 0.4) is 0 Å². The smallest absolute Gasteiger partial charge is 0.323 e. The Kier molecular flexibility index (Phi) is 2.69. The van der Waals surface area contributed by atoms with Gasteiger partial charge < -0.3 is 10.5 Å². The summed E-state index contributed by atoms with van der Waals surface area (Å²) in [7, 11) is 0. The quantitative estimate of drug-likeness (QED) is 0.765. The van der Waals surface area contributed by atoms with Crippen LogP contribution < -0.4 is 5.73 Å². The maximum Gasteiger partial charge on any atom is 0.323 e. The molecule has 0 unspecified atom stereocenters. The van der Waals surface area contributed by atoms with E-state index >= 15 is 0 Å². The topological polar surface area (TPSA) is 52.3 Å². The largest absolute Gasteiger partial charge is 0.465 e. The van der Waals surface area contributed by atoms with E-state index < -0.39 is 0 Å². The highest BCUT2D eigenvalue weighted by Crippen LogP contribution is 2.61. The normalized spacial score (nSPS) is 44.7. The maximum absolute atomic E-state index is 11.9. The number of nitrogens with two attached hydrogens (primary N) is 1. The lowest BCUT2D eigenvalue weighted by Crippen LogP contribution is -2.57. The van der Waals surface area contributed by atoms with Gasteiger partial charge in [-0.15, -0.1) is 0 Å². The van der Waals surface area contributed by atoms with E-state index in [-0.39, 0.29) is 17.4 Å². The molecule has 2 N–H and O–H groups in total. The molecule has 3 heteroatoms. The van der Waals surface area contributed by atoms with E-state index in [0.717, 1.165) is 17.8 Å². The van der Waals surface area contributed by atoms with Crippen molar-refractivity contribution in [3.63, 3.8) is 0 Å². The molecule has 96 valence electrons. The highest BCUT2D eigenvalue weighted by atomic mass is 16.5. The first-order valence-electron chi connectivity index (χ1n) is 7.05. The first-order valence-corrected chi connectivity index (χ1v) is 7.05. The fourth-order valence-electron chi connectivity index (χ4n) is 5.04. The van der Waals surface area contributed by atoms with Crippen LogP contribution in [0.1, 0.15) is 45.4 Å². The second kappa shape index (κ2) is 3.98. The second-order valence-electron chi connectivity index (χ2n) is 6.51. The molecular weight excluding hydrogens is 214 g/mol. The van der Waals surface area contributed by atoms with E-state index in [4.69, 9.17) is 10.5 Å². The molecule has 4 saturated carbocycles. The molecule has 1 atom stereocenters. The molecule has 0 spiro atoms. The third kappa shape index (κ3) is 1.79. The summed E-state index contributed by atoms with van der Waals surface area (Å²) >= 11 is 0. The molecule has 0 aromatic carbocycles. The van der Waals surface area contributed by atoms with Gasteiger partial charge in [0, 0.05) is 0 Å². The molecule has 0 aromatic rings. The Bertz CT molecular complexity index is 291. The van der Waals surface area contributed by atoms with E-state index in [1.165, 1.54) is 38.5 Å². The van der Waals surface area contributed by atoms with Crippen LogP contribution in [0.2, 0.25) is 0 Å². The number of hydrogen-bond acceptors (Lipinski definition) is 3. The van der Waals surface area contributed by atoms with Gasteiger partial charge in [-0.25, -0.2) is 0 Å². The van der Waals surface area contributed by atoms with E-state index in [1.54, 1.807) is 0 Å². The Labute approximate surface area is 103 Å². The van der Waals surface area contributed by atoms with Gasteiger partial charge in [-0.05, 0) is 68.6 Å². The van der Waals surface area contributed by atoms with Gasteiger partial charge in [0.1, 0.15) is 6.04 Å². The van der Waals surface area contributed by atoms with Crippen molar-refractivity contribution < 1.29 is 9.53 Å². The zero-order chi connectivity index (χ0) is 12.0. The van der Waals surface area contributed by atoms with Gasteiger partial charge in [0.15, 0.2) is 0 Å². The fraction of sp³-hybridized carbons (Fsp3) is 0.929. The molecule has 0 saturated heterocycles. The zero-order valence-electron chi connectivity index (χ0n) is 10.7. The van der Waals surface area contributed by atoms with Crippen LogP contribution in [0.25, 0.3) is 0 Å². The molecule has 0 aliphatic heterocycles. The molecule has 4 bridgehead atoms. The van der Waals surface area contributed by atoms with Crippen LogP contribution in [0, 0.1) is 23.2 Å². The van der Waals surface area contributed by atoms with Crippen LogP contribution >= 0.6 is 0 Å². The van der Waals surface area contributed by atoms with Crippen LogP contribution in [0.15, 0.2) is 0 Å². The lowest BCUT2D eigenvalue weighted by Gasteiger charge is -2.58. The Morgan fingerprint density at radius 2 is 1.71 bits per heavy atom. The number of hydrogen-bond donors (Lipinski definition) is 1. The Morgan fingerprint density at radius 3 is 2.12 bits per heavy atom. The highest BCUT2D eigenvalue weighted by Gasteiger charge is 2.55. The van der Waals surface area contributed by atoms with E-state index in [1.807, 2.05) is 6.92 Å². The van der Waals surface area contributed by atoms with E-state index in [2.05, 4.69) is 0 Å². The summed E-state index contributed by atoms with van der Waals surface area (Å²) in [6, 6.07) is -0.379. The first kappa shape index (κ1) is 11.5. The van der Waals surface area contributed by atoms with Gasteiger partial charge in [-0.1, -0.05) is 0 Å². The summed E-state index contributed by atoms with van der Waals surface area (Å²) in [5.41, 5.74) is 6.31. The Balaban J connectivity index is 1.79. The number of rotatable bonds is 3. The van der Waals surface area contributed by atoms with Gasteiger partial charge in [-0.2, -0.15) is 0 Å². The van der Waals surface area contributed by atoms with Gasteiger partial charge in [0.25, 0.3) is 0 Å². The minimum Gasteiger partial charge on any atom is -0.465 e. The Morgan fingerprint density at radius 1 is 1.24 bits per heavy atom. The number of esters is 1. The third-order valence-corrected chi connectivity index (χ3v) is 5.29. The fourth-order valence-corrected chi connectivity index (χ4v) is 5.04. The van der Waals surface area contributed by atoms with Gasteiger partial charge in [0.05, 0.1) is 6.61 Å². The molecule has 4 rings (SSSR count). The van der Waals surface area contributed by atoms with Gasteiger partial charge >= 0.3 is 5.97 Å². The van der Waals surface area contributed by atoms with Crippen LogP contribution in [-0.2, 0) is 9.53 Å². The molecule has 3 nitrogen and oxygen atoms in total. The van der Waals surface area contributed by atoms with Crippen molar-refractivity contribution in [3.05, 3.63) is 0 Å². The van der Waals surface area contributed by atoms with Crippen molar-refractivity contribution in [2.24, 2.45) is 28.9 Å². The van der Waals surface area contributed by atoms with Crippen molar-refractivity contribution in [2.45, 2.75) is 51.5 Å². The van der Waals surface area contributed by atoms with Crippen molar-refractivity contribution in [1.82, 2.24) is 0 Å². The SMILES string of the molecule is CCOC(=O)[C@H](N)C12CC3CC(CC(C3)C1)C2. The summed E-state index contributed by atoms with van der Waals surface area (Å²) in [5.74, 6) is 2.33. The number of carbonyl (C=O) groups is 1. The summed E-state index contributed by atoms with van der Waals surface area (Å²) < 4.78 is 5.13. The lowest BCUT2D eigenvalue weighted by molar-refractivity contribution is -0.155. The highest BCUT2D eigenvalue weighted by molar-refractivity contribution is 5.76. The summed E-state index contributed by atoms with van der Waals surface area (Å²) in [4.78, 5) is 11.9. The molecule has 4 aliphatic carbocycles. The predicted molar refractivity (Wildman–Crippen MR) is 65.2 cm³/mol. The summed E-state index contributed by atoms with van der Waals surface area (Å²) in [5, 5.41) is 0. The maximum atomic E-state index is 11.9. The Hall–Kier alpha value is -0.570. The number of carbonyl (C=O) groups excluding carboxylic acids is 1. The summed E-state index contributed by atoms with van der Waals surface area (Å²) in [6.07, 6.45) is 7.65. The standard InChI is InChI=1S/C14H23NO2/c1-2-17-13(16)12(15)14-6-9-3-10(7-14)5-11(4-9)8-14/h9-12H,2-8,15H2,1H3/t9?,10?,11?,12-,14?/m0/s1. The van der Waals surface area contributed by atoms with Crippen LogP contribution in [0.5, 0.6) is 0 Å². The molecule has 4 aliphatic rings. The second-order valence-corrected chi connectivity index (χ2v) is 6.51. The predicted octanol–water partition coefficient (Wildman–Crippen LogP) is 2.09. The van der Waals surface area contributed by atoms with E-state index in [0.29, 0.717) is 6.61 Å². The van der Waals surface area contributed by atoms with Gasteiger partial charge in [0.2, 0.25) is 0 Å². The molecule has 0 amide bonds. The van der Waals surface area contributed by atoms with Crippen molar-refractivity contribution in [1.29, 1.82) is 0 Å². The molecule has 0 aromatic heterocycles. The minimum absolute atomic E-state index is 0.0843. The van der Waals surface area contributed by atoms with Crippen molar-refractivity contribution in [2.75, 3.05) is 6.61 Å². The molecule has 4 fully saturated rings. The first-order chi connectivity index (χ1) is 8.13. The third-order valence-electron chi connectivity index (χ3n) is 5.29. The molecular formula is C14H23NO2. The molecule has 0 radical (unpaired) electrons. The van der Waals surface area contributed by atoms with Crippen molar-refractivity contribution in [3.8, 4) is 0 Å². The van der Waals surface area contributed by atoms with Gasteiger partial charge in [-0.3, -0.25) is 4.79 Å². The zero-order valence-corrected chi connectivity index (χ0v) is 10.7. The summed E-state index contributed by atoms with van der Waals surface area (Å²) in [6.45, 7) is 2.29. The monoisotopic (exact) mass is 237 g/mol. The number of ether oxygens (including phenoxy) is 1. The molecule has 0 heterocycles. The lowest BCUT2D eigenvalue weighted by atomic mass is 9.48.